The van der Waals surface area contributed by atoms with Gasteiger partial charge in [-0.2, -0.15) is 0 Å². The van der Waals surface area contributed by atoms with E-state index in [1.54, 1.807) is 0 Å². The van der Waals surface area contributed by atoms with Gasteiger partial charge in [0.2, 0.25) is 0 Å². The van der Waals surface area contributed by atoms with Crippen molar-refractivity contribution in [3.63, 3.8) is 0 Å². The first kappa shape index (κ1) is 17.7. The standard InChI is InChI=1S/C13H23NO3.C2H4/c1-9(10-7-5-6-8-11(10)15)14-12(16)17-13(2,3)4;1-2/h9-10H,5-8H2,1-4H3,(H,14,16);1-2H2. The normalized spacial score (nSPS) is 20.8. The van der Waals surface area contributed by atoms with Gasteiger partial charge in [-0.3, -0.25) is 4.79 Å². The minimum atomic E-state index is -0.500. The summed E-state index contributed by atoms with van der Waals surface area (Å²) in [5.74, 6) is 0.219. The van der Waals surface area contributed by atoms with Gasteiger partial charge in [0.25, 0.3) is 0 Å². The number of amides is 1. The number of Topliss-reactive ketones (excluding diaryl/α,β-unsaturated/α-hetero) is 1. The largest absolute Gasteiger partial charge is 0.444 e. The lowest BCUT2D eigenvalue weighted by molar-refractivity contribution is -0.125. The van der Waals surface area contributed by atoms with Gasteiger partial charge in [0, 0.05) is 18.4 Å². The monoisotopic (exact) mass is 269 g/mol. The molecule has 1 fully saturated rings. The minimum absolute atomic E-state index is 0.0451. The van der Waals surface area contributed by atoms with Gasteiger partial charge in [0.05, 0.1) is 0 Å². The third kappa shape index (κ3) is 6.99. The summed E-state index contributed by atoms with van der Waals surface area (Å²) < 4.78 is 5.17. The van der Waals surface area contributed by atoms with Crippen LogP contribution in [0.25, 0.3) is 0 Å². The molecule has 0 spiro atoms. The number of ether oxygens (including phenoxy) is 1. The van der Waals surface area contributed by atoms with E-state index in [2.05, 4.69) is 18.5 Å². The molecule has 1 aliphatic rings. The van der Waals surface area contributed by atoms with Crippen molar-refractivity contribution in [2.24, 2.45) is 5.92 Å². The van der Waals surface area contributed by atoms with Crippen LogP contribution in [0.15, 0.2) is 13.2 Å². The molecule has 1 rings (SSSR count). The summed E-state index contributed by atoms with van der Waals surface area (Å²) in [7, 11) is 0. The second-order valence-corrected chi connectivity index (χ2v) is 5.75. The van der Waals surface area contributed by atoms with E-state index < -0.39 is 11.7 Å². The first-order valence-electron chi connectivity index (χ1n) is 6.82. The Kier molecular flexibility index (Phi) is 7.42. The van der Waals surface area contributed by atoms with E-state index in [9.17, 15) is 9.59 Å². The van der Waals surface area contributed by atoms with Crippen molar-refractivity contribution in [3.8, 4) is 0 Å². The maximum absolute atomic E-state index is 11.7. The smallest absolute Gasteiger partial charge is 0.407 e. The van der Waals surface area contributed by atoms with Crippen molar-refractivity contribution in [1.82, 2.24) is 5.32 Å². The highest BCUT2D eigenvalue weighted by molar-refractivity contribution is 5.83. The van der Waals surface area contributed by atoms with Crippen LogP contribution in [0.3, 0.4) is 0 Å². The maximum atomic E-state index is 11.7. The van der Waals surface area contributed by atoms with Gasteiger partial charge >= 0.3 is 6.09 Å². The van der Waals surface area contributed by atoms with E-state index >= 15 is 0 Å². The fourth-order valence-electron chi connectivity index (χ4n) is 2.13. The van der Waals surface area contributed by atoms with E-state index in [4.69, 9.17) is 4.74 Å². The van der Waals surface area contributed by atoms with E-state index in [1.165, 1.54) is 0 Å². The van der Waals surface area contributed by atoms with Gasteiger partial charge in [0.15, 0.2) is 0 Å². The average Bonchev–Trinajstić information content (AvgIpc) is 2.29. The Labute approximate surface area is 116 Å². The van der Waals surface area contributed by atoms with Gasteiger partial charge < -0.3 is 10.1 Å². The molecule has 0 heterocycles. The van der Waals surface area contributed by atoms with Crippen LogP contribution >= 0.6 is 0 Å². The first-order valence-corrected chi connectivity index (χ1v) is 6.82. The third-order valence-electron chi connectivity index (χ3n) is 2.95. The molecule has 0 aliphatic heterocycles. The number of ketones is 1. The Hall–Kier alpha value is -1.32. The molecular weight excluding hydrogens is 242 g/mol. The Bertz CT molecular complexity index is 307. The second kappa shape index (κ2) is 7.97. The van der Waals surface area contributed by atoms with Crippen LogP contribution < -0.4 is 5.32 Å². The number of alkyl carbamates (subject to hydrolysis) is 1. The van der Waals surface area contributed by atoms with Crippen molar-refractivity contribution in [2.45, 2.75) is 65.0 Å². The molecule has 2 atom stereocenters. The van der Waals surface area contributed by atoms with Crippen molar-refractivity contribution in [3.05, 3.63) is 13.2 Å². The molecule has 0 bridgehead atoms. The summed E-state index contributed by atoms with van der Waals surface area (Å²) >= 11 is 0. The molecule has 1 amide bonds. The number of rotatable bonds is 2. The predicted molar refractivity (Wildman–Crippen MR) is 77.1 cm³/mol. The average molecular weight is 269 g/mol. The molecule has 110 valence electrons. The number of carbonyl (C=O) groups is 2. The summed E-state index contributed by atoms with van der Waals surface area (Å²) in [5.41, 5.74) is -0.500. The zero-order valence-electron chi connectivity index (χ0n) is 12.6. The summed E-state index contributed by atoms with van der Waals surface area (Å²) in [6.45, 7) is 13.3. The molecule has 19 heavy (non-hydrogen) atoms. The molecular formula is C15H27NO3. The lowest BCUT2D eigenvalue weighted by atomic mass is 9.83. The van der Waals surface area contributed by atoms with Crippen LogP contribution in [0, 0.1) is 5.92 Å². The van der Waals surface area contributed by atoms with Crippen LogP contribution in [0.2, 0.25) is 0 Å². The van der Waals surface area contributed by atoms with E-state index in [0.717, 1.165) is 19.3 Å². The zero-order valence-corrected chi connectivity index (χ0v) is 12.6. The molecule has 0 aromatic carbocycles. The predicted octanol–water partition coefficient (Wildman–Crippen LogP) is 3.46. The van der Waals surface area contributed by atoms with E-state index in [0.29, 0.717) is 6.42 Å². The molecule has 2 unspecified atom stereocenters. The molecule has 1 saturated carbocycles. The first-order chi connectivity index (χ1) is 8.79. The SMILES string of the molecule is C=C.CC(NC(=O)OC(C)(C)C)C1CCCCC1=O. The van der Waals surface area contributed by atoms with E-state index in [-0.39, 0.29) is 17.7 Å². The molecule has 0 radical (unpaired) electrons. The Balaban J connectivity index is 0.00000154. The number of hydrogen-bond donors (Lipinski definition) is 1. The lowest BCUT2D eigenvalue weighted by Gasteiger charge is -2.28. The summed E-state index contributed by atoms with van der Waals surface area (Å²) in [5, 5.41) is 2.75. The number of hydrogen-bond acceptors (Lipinski definition) is 3. The van der Waals surface area contributed by atoms with Crippen LogP contribution in [0.5, 0.6) is 0 Å². The van der Waals surface area contributed by atoms with Gasteiger partial charge in [-0.15, -0.1) is 13.2 Å². The fourth-order valence-corrected chi connectivity index (χ4v) is 2.13. The highest BCUT2D eigenvalue weighted by Crippen LogP contribution is 2.23. The van der Waals surface area contributed by atoms with Crippen molar-refractivity contribution in [1.29, 1.82) is 0 Å². The summed E-state index contributed by atoms with van der Waals surface area (Å²) in [6.07, 6.45) is 3.12. The van der Waals surface area contributed by atoms with Gasteiger partial charge in [-0.25, -0.2) is 4.79 Å². The highest BCUT2D eigenvalue weighted by atomic mass is 16.6. The number of carbonyl (C=O) groups excluding carboxylic acids is 2. The molecule has 4 nitrogen and oxygen atoms in total. The second-order valence-electron chi connectivity index (χ2n) is 5.75. The quantitative estimate of drug-likeness (QED) is 0.781. The maximum Gasteiger partial charge on any atom is 0.407 e. The Morgan fingerprint density at radius 1 is 1.37 bits per heavy atom. The topological polar surface area (TPSA) is 55.4 Å². The summed E-state index contributed by atoms with van der Waals surface area (Å²) in [4.78, 5) is 23.3. The van der Waals surface area contributed by atoms with Crippen LogP contribution in [-0.4, -0.2) is 23.5 Å². The molecule has 4 heteroatoms. The van der Waals surface area contributed by atoms with Crippen LogP contribution in [0.4, 0.5) is 4.79 Å². The van der Waals surface area contributed by atoms with Gasteiger partial charge in [-0.05, 0) is 40.5 Å². The lowest BCUT2D eigenvalue weighted by Crippen LogP contribution is -2.44. The van der Waals surface area contributed by atoms with E-state index in [1.807, 2.05) is 27.7 Å². The zero-order chi connectivity index (χ0) is 15.1. The fraction of sp³-hybridized carbons (Fsp3) is 0.733. The molecule has 0 saturated heterocycles. The van der Waals surface area contributed by atoms with Crippen LogP contribution in [0.1, 0.15) is 53.4 Å². The highest BCUT2D eigenvalue weighted by Gasteiger charge is 2.29. The Morgan fingerprint density at radius 3 is 2.42 bits per heavy atom. The van der Waals surface area contributed by atoms with Crippen LogP contribution in [-0.2, 0) is 9.53 Å². The Morgan fingerprint density at radius 2 is 1.95 bits per heavy atom. The molecule has 0 aromatic rings. The molecule has 0 aromatic heterocycles. The van der Waals surface area contributed by atoms with Gasteiger partial charge in [-0.1, -0.05) is 6.42 Å². The summed E-state index contributed by atoms with van der Waals surface area (Å²) in [6, 6.07) is -0.141. The van der Waals surface area contributed by atoms with Gasteiger partial charge in [0.1, 0.15) is 11.4 Å². The van der Waals surface area contributed by atoms with Crippen molar-refractivity contribution < 1.29 is 14.3 Å². The third-order valence-corrected chi connectivity index (χ3v) is 2.95. The van der Waals surface area contributed by atoms with Crippen molar-refractivity contribution >= 4 is 11.9 Å². The molecule has 1 N–H and O–H groups in total. The minimum Gasteiger partial charge on any atom is -0.444 e. The van der Waals surface area contributed by atoms with Crippen molar-refractivity contribution in [2.75, 3.05) is 0 Å². The molecule has 1 aliphatic carbocycles. The number of nitrogens with one attached hydrogen (secondary N) is 1.